The molecule has 8 bridgehead atoms. The van der Waals surface area contributed by atoms with Gasteiger partial charge in [-0.15, -0.1) is 23.5 Å². The van der Waals surface area contributed by atoms with Gasteiger partial charge >= 0.3 is 0 Å². The molecule has 0 saturated heterocycles. The number of hydrogen-bond acceptors (Lipinski definition) is 7. The predicted molar refractivity (Wildman–Crippen MR) is 195 cm³/mol. The van der Waals surface area contributed by atoms with Crippen molar-refractivity contribution in [1.29, 1.82) is 0 Å². The van der Waals surface area contributed by atoms with E-state index >= 15 is 0 Å². The van der Waals surface area contributed by atoms with Crippen molar-refractivity contribution < 1.29 is 14.9 Å². The van der Waals surface area contributed by atoms with Crippen LogP contribution in [0.15, 0.2) is 59.5 Å². The highest BCUT2D eigenvalue weighted by Gasteiger charge is 2.28. The average Bonchev–Trinajstić information content (AvgIpc) is 3.72. The molecule has 0 unspecified atom stereocenters. The van der Waals surface area contributed by atoms with E-state index in [-0.39, 0.29) is 6.61 Å². The Labute approximate surface area is 293 Å². The van der Waals surface area contributed by atoms with Gasteiger partial charge in [-0.2, -0.15) is 10.2 Å². The van der Waals surface area contributed by atoms with E-state index in [0.717, 1.165) is 112 Å². The Balaban J connectivity index is 1.26. The summed E-state index contributed by atoms with van der Waals surface area (Å²) in [5.74, 6) is 3.26. The molecule has 248 valence electrons. The summed E-state index contributed by atoms with van der Waals surface area (Å²) in [6.45, 7) is 1.56. The van der Waals surface area contributed by atoms with Crippen LogP contribution in [0.1, 0.15) is 53.3 Å². The minimum absolute atomic E-state index is 0.0865. The summed E-state index contributed by atoms with van der Waals surface area (Å²) in [4.78, 5) is 5.96. The zero-order valence-corrected chi connectivity index (χ0v) is 29.6. The van der Waals surface area contributed by atoms with Gasteiger partial charge < -0.3 is 9.30 Å². The van der Waals surface area contributed by atoms with E-state index in [4.69, 9.17) is 31.4 Å². The van der Waals surface area contributed by atoms with E-state index in [9.17, 15) is 5.26 Å². The smallest absolute Gasteiger partial charge is 0.128 e. The van der Waals surface area contributed by atoms with Crippen molar-refractivity contribution in [2.24, 2.45) is 14.1 Å². The normalized spacial score (nSPS) is 15.7. The maximum absolute atomic E-state index is 9.68. The second-order valence-electron chi connectivity index (χ2n) is 12.7. The first-order chi connectivity index (χ1) is 23.5. The van der Waals surface area contributed by atoms with E-state index in [0.29, 0.717) is 11.6 Å². The molecule has 3 aromatic heterocycles. The Morgan fingerprint density at radius 2 is 1.83 bits per heavy atom. The molecule has 0 fully saturated rings. The number of ether oxygens (including phenoxy) is 1. The second-order valence-corrected chi connectivity index (χ2v) is 15.1. The summed E-state index contributed by atoms with van der Waals surface area (Å²) < 4.78 is 12.9. The summed E-state index contributed by atoms with van der Waals surface area (Å²) in [6, 6.07) is 19.2. The van der Waals surface area contributed by atoms with Crippen LogP contribution < -0.4 is 4.74 Å². The first kappa shape index (κ1) is 31.8. The molecular weight excluding hydrogens is 662 g/mol. The summed E-state index contributed by atoms with van der Waals surface area (Å²) in [5.41, 5.74) is 9.87. The van der Waals surface area contributed by atoms with Gasteiger partial charge in [0.25, 0.3) is 0 Å². The number of rotatable bonds is 2. The largest absolute Gasteiger partial charge is 0.493 e. The quantitative estimate of drug-likeness (QED) is 0.143. The van der Waals surface area contributed by atoms with Crippen LogP contribution in [-0.2, 0) is 62.2 Å². The molecule has 0 radical (unpaired) electrons. The fraction of sp³-hybridized carbons (Fsp3) is 0.351. The number of halogens is 1. The van der Waals surface area contributed by atoms with Gasteiger partial charge in [-0.05, 0) is 67.3 Å². The molecule has 1 N–H and O–H groups in total. The molecule has 0 aliphatic carbocycles. The van der Waals surface area contributed by atoms with Crippen LogP contribution in [-0.4, -0.2) is 36.0 Å². The fourth-order valence-corrected chi connectivity index (χ4v) is 9.50. The van der Waals surface area contributed by atoms with Gasteiger partial charge in [-0.1, -0.05) is 41.9 Å². The van der Waals surface area contributed by atoms with Gasteiger partial charge in [0, 0.05) is 76.1 Å². The molecule has 11 heteroatoms. The highest BCUT2D eigenvalue weighted by Crippen LogP contribution is 2.44. The number of hydrogen-bond donors (Lipinski definition) is 1. The molecule has 5 heterocycles. The Morgan fingerprint density at radius 3 is 2.73 bits per heavy atom. The number of nitrogens with zero attached hydrogens (tertiary/aromatic N) is 5. The molecular formula is C37H38ClN5O3S2. The van der Waals surface area contributed by atoms with Crippen LogP contribution in [0.3, 0.4) is 0 Å². The zero-order valence-electron chi connectivity index (χ0n) is 27.2. The predicted octanol–water partition coefficient (Wildman–Crippen LogP) is 8.96. The third-order valence-corrected chi connectivity index (χ3v) is 12.0. The van der Waals surface area contributed by atoms with E-state index in [2.05, 4.69) is 57.8 Å². The first-order valence-electron chi connectivity index (χ1n) is 16.5. The Bertz CT molecular complexity index is 2150. The number of thioether (sulfide) groups is 2. The van der Waals surface area contributed by atoms with Gasteiger partial charge in [-0.25, -0.2) is 4.89 Å². The van der Waals surface area contributed by atoms with E-state index in [1.54, 1.807) is 0 Å². The first-order valence-corrected chi connectivity index (χ1v) is 19.0. The van der Waals surface area contributed by atoms with E-state index < -0.39 is 0 Å². The van der Waals surface area contributed by atoms with Gasteiger partial charge in [0.1, 0.15) is 12.4 Å². The van der Waals surface area contributed by atoms with Crippen LogP contribution in [0, 0.1) is 0 Å². The third-order valence-electron chi connectivity index (χ3n) is 9.68. The minimum atomic E-state index is 0.0865. The molecule has 8 rings (SSSR count). The van der Waals surface area contributed by atoms with Gasteiger partial charge in [0.15, 0.2) is 0 Å². The monoisotopic (exact) mass is 699 g/mol. The molecule has 6 aromatic rings. The molecule has 8 nitrogen and oxygen atoms in total. The molecule has 2 aliphatic heterocycles. The van der Waals surface area contributed by atoms with Crippen LogP contribution in [0.25, 0.3) is 32.8 Å². The highest BCUT2D eigenvalue weighted by atomic mass is 35.5. The average molecular weight is 700 g/mol. The standard InChI is InChI=1S/C37H38ClN5O3S2/c1-41-33(19-46-44)28-10-7-15-45-34-18-26(16-23-8-3-4-9-27(23)34)48-21-25-17-24(39-42(25)2)20-47-22-31-36(32-11-5-6-14-43(32)40-31)35-30(38)13-12-29(28)37(35)41/h3-4,8-9,12-13,16-18,44H,5-7,10-11,14-15,19-22H2,1-2H3. The number of fused-ring (bicyclic) bond motifs is 10. The van der Waals surface area contributed by atoms with Gasteiger partial charge in [0.05, 0.1) is 34.2 Å². The lowest BCUT2D eigenvalue weighted by molar-refractivity contribution is -0.254. The lowest BCUT2D eigenvalue weighted by atomic mass is 9.95. The van der Waals surface area contributed by atoms with E-state index in [1.807, 2.05) is 48.4 Å². The molecule has 48 heavy (non-hydrogen) atoms. The Morgan fingerprint density at radius 1 is 0.938 bits per heavy atom. The number of aromatic nitrogens is 5. The van der Waals surface area contributed by atoms with Crippen molar-refractivity contribution in [2.75, 3.05) is 6.61 Å². The van der Waals surface area contributed by atoms with Crippen molar-refractivity contribution in [3.8, 4) is 16.9 Å². The third kappa shape index (κ3) is 5.81. The van der Waals surface area contributed by atoms with E-state index in [1.165, 1.54) is 21.7 Å². The van der Waals surface area contributed by atoms with Crippen molar-refractivity contribution in [2.45, 2.75) is 67.4 Å². The summed E-state index contributed by atoms with van der Waals surface area (Å²) in [7, 11) is 4.08. The second kappa shape index (κ2) is 13.5. The highest BCUT2D eigenvalue weighted by molar-refractivity contribution is 7.98. The number of aryl methyl sites for hydroxylation is 4. The molecule has 0 amide bonds. The molecule has 0 spiro atoms. The Hall–Kier alpha value is -3.41. The Kier molecular flexibility index (Phi) is 8.94. The molecule has 2 aliphatic rings. The van der Waals surface area contributed by atoms with Crippen LogP contribution in [0.4, 0.5) is 0 Å². The lowest BCUT2D eigenvalue weighted by Gasteiger charge is -2.16. The molecule has 0 atom stereocenters. The van der Waals surface area contributed by atoms with Gasteiger partial charge in [-0.3, -0.25) is 14.6 Å². The number of benzene rings is 3. The minimum Gasteiger partial charge on any atom is -0.493 e. The van der Waals surface area contributed by atoms with Crippen molar-refractivity contribution in [3.63, 3.8) is 0 Å². The molecule has 0 saturated carbocycles. The summed E-state index contributed by atoms with van der Waals surface area (Å²) in [5, 5.41) is 23.8. The zero-order chi connectivity index (χ0) is 32.8. The van der Waals surface area contributed by atoms with Crippen molar-refractivity contribution >= 4 is 56.8 Å². The SMILES string of the molecule is Cn1nc2cc1CSc1cc(c3ccccc3c1)OCCCc1c(COO)n(C)c3c(c(Cl)ccc13)-c1c(nn3c1CCCC3)CSC2. The fourth-order valence-electron chi connectivity index (χ4n) is 7.42. The van der Waals surface area contributed by atoms with Gasteiger partial charge in [0.2, 0.25) is 0 Å². The molecule has 3 aromatic carbocycles. The topological polar surface area (TPSA) is 79.3 Å². The van der Waals surface area contributed by atoms with Crippen LogP contribution in [0.5, 0.6) is 5.75 Å². The maximum atomic E-state index is 9.68. The van der Waals surface area contributed by atoms with Crippen molar-refractivity contribution in [3.05, 3.63) is 93.7 Å². The maximum Gasteiger partial charge on any atom is 0.128 e. The van der Waals surface area contributed by atoms with Crippen molar-refractivity contribution in [1.82, 2.24) is 24.1 Å². The summed E-state index contributed by atoms with van der Waals surface area (Å²) >= 11 is 10.8. The summed E-state index contributed by atoms with van der Waals surface area (Å²) in [6.07, 6.45) is 4.79. The van der Waals surface area contributed by atoms with Crippen LogP contribution >= 0.6 is 35.1 Å². The lowest BCUT2D eigenvalue weighted by Crippen LogP contribution is -2.11. The van der Waals surface area contributed by atoms with Crippen LogP contribution in [0.2, 0.25) is 5.02 Å².